The summed E-state index contributed by atoms with van der Waals surface area (Å²) in [5.74, 6) is 0. The summed E-state index contributed by atoms with van der Waals surface area (Å²) in [4.78, 5) is 5.28. The molecule has 2 heterocycles. The summed E-state index contributed by atoms with van der Waals surface area (Å²) in [5, 5.41) is 3.48. The number of nitrogens with zero attached hydrogens (tertiary/aromatic N) is 2. The van der Waals surface area contributed by atoms with Gasteiger partial charge in [-0.15, -0.1) is 0 Å². The second kappa shape index (κ2) is 6.15. The molecule has 2 fully saturated rings. The van der Waals surface area contributed by atoms with Gasteiger partial charge in [0.2, 0.25) is 0 Å². The topological polar surface area (TPSA) is 18.5 Å². The summed E-state index contributed by atoms with van der Waals surface area (Å²) in [6, 6.07) is 7.72. The van der Waals surface area contributed by atoms with Gasteiger partial charge in [-0.05, 0) is 44.5 Å². The molecule has 1 aromatic carbocycles. The summed E-state index contributed by atoms with van der Waals surface area (Å²) in [7, 11) is 0. The first-order valence-corrected chi connectivity index (χ1v) is 8.07. The van der Waals surface area contributed by atoms with Gasteiger partial charge in [0.1, 0.15) is 0 Å². The van der Waals surface area contributed by atoms with Crippen LogP contribution in [0.4, 0.5) is 5.69 Å². The Morgan fingerprint density at radius 2 is 2.15 bits per heavy atom. The first-order chi connectivity index (χ1) is 9.78. The van der Waals surface area contributed by atoms with Crippen molar-refractivity contribution in [3.8, 4) is 0 Å². The van der Waals surface area contributed by atoms with Crippen molar-refractivity contribution >= 4 is 5.69 Å². The fourth-order valence-electron chi connectivity index (χ4n) is 3.63. The van der Waals surface area contributed by atoms with Crippen LogP contribution < -0.4 is 10.2 Å². The summed E-state index contributed by atoms with van der Waals surface area (Å²) in [6.45, 7) is 11.3. The van der Waals surface area contributed by atoms with E-state index in [1.807, 2.05) is 0 Å². The highest BCUT2D eigenvalue weighted by Gasteiger charge is 2.31. The maximum absolute atomic E-state index is 3.48. The van der Waals surface area contributed by atoms with Crippen LogP contribution in [-0.2, 0) is 6.54 Å². The molecule has 0 spiro atoms. The number of piperazine rings is 1. The minimum Gasteiger partial charge on any atom is -0.368 e. The monoisotopic (exact) mass is 273 g/mol. The van der Waals surface area contributed by atoms with E-state index in [-0.39, 0.29) is 0 Å². The molecule has 1 N–H and O–H groups in total. The van der Waals surface area contributed by atoms with Crippen LogP contribution in [0.25, 0.3) is 0 Å². The molecule has 2 saturated heterocycles. The molecule has 110 valence electrons. The minimum atomic E-state index is 0.789. The number of aryl methyl sites for hydroxylation is 1. The maximum Gasteiger partial charge on any atom is 0.0413 e. The summed E-state index contributed by atoms with van der Waals surface area (Å²) >= 11 is 0. The van der Waals surface area contributed by atoms with Crippen LogP contribution in [0.5, 0.6) is 0 Å². The minimum absolute atomic E-state index is 0.789. The predicted octanol–water partition coefficient (Wildman–Crippen LogP) is 2.39. The molecule has 20 heavy (non-hydrogen) atoms. The quantitative estimate of drug-likeness (QED) is 0.909. The van der Waals surface area contributed by atoms with Gasteiger partial charge >= 0.3 is 0 Å². The zero-order valence-corrected chi connectivity index (χ0v) is 12.9. The SMILES string of the molecule is CCNCc1cc(C)ccc1N1CCN2CCCC2C1. The first-order valence-electron chi connectivity index (χ1n) is 8.07. The van der Waals surface area contributed by atoms with Gasteiger partial charge in [-0.1, -0.05) is 24.6 Å². The number of nitrogens with one attached hydrogen (secondary N) is 1. The second-order valence-electron chi connectivity index (χ2n) is 6.19. The van der Waals surface area contributed by atoms with E-state index in [1.165, 1.54) is 55.8 Å². The van der Waals surface area contributed by atoms with E-state index in [9.17, 15) is 0 Å². The fourth-order valence-corrected chi connectivity index (χ4v) is 3.63. The van der Waals surface area contributed by atoms with Crippen LogP contribution in [0.15, 0.2) is 18.2 Å². The predicted molar refractivity (Wildman–Crippen MR) is 85.4 cm³/mol. The molecular formula is C17H27N3. The zero-order chi connectivity index (χ0) is 13.9. The molecule has 2 aliphatic rings. The third kappa shape index (κ3) is 2.84. The molecule has 0 aliphatic carbocycles. The smallest absolute Gasteiger partial charge is 0.0413 e. The zero-order valence-electron chi connectivity index (χ0n) is 12.9. The molecule has 1 atom stereocenters. The number of hydrogen-bond acceptors (Lipinski definition) is 3. The molecule has 0 aromatic heterocycles. The highest BCUT2D eigenvalue weighted by atomic mass is 15.3. The number of anilines is 1. The van der Waals surface area contributed by atoms with E-state index in [4.69, 9.17) is 0 Å². The molecule has 3 heteroatoms. The van der Waals surface area contributed by atoms with Crippen molar-refractivity contribution in [2.45, 2.75) is 39.3 Å². The van der Waals surface area contributed by atoms with Gasteiger partial charge in [0.25, 0.3) is 0 Å². The second-order valence-corrected chi connectivity index (χ2v) is 6.19. The van der Waals surface area contributed by atoms with Crippen LogP contribution in [0.2, 0.25) is 0 Å². The van der Waals surface area contributed by atoms with Crippen LogP contribution in [-0.4, -0.2) is 43.7 Å². The molecule has 0 radical (unpaired) electrons. The van der Waals surface area contributed by atoms with Gasteiger partial charge < -0.3 is 10.2 Å². The molecule has 2 aliphatic heterocycles. The molecule has 0 amide bonds. The van der Waals surface area contributed by atoms with E-state index in [0.29, 0.717) is 0 Å². The summed E-state index contributed by atoms with van der Waals surface area (Å²) in [5.41, 5.74) is 4.27. The van der Waals surface area contributed by atoms with Crippen molar-refractivity contribution in [3.63, 3.8) is 0 Å². The Balaban J connectivity index is 1.78. The van der Waals surface area contributed by atoms with Gasteiger partial charge in [-0.3, -0.25) is 4.90 Å². The Morgan fingerprint density at radius 3 is 3.00 bits per heavy atom. The van der Waals surface area contributed by atoms with Crippen molar-refractivity contribution in [3.05, 3.63) is 29.3 Å². The number of benzene rings is 1. The largest absolute Gasteiger partial charge is 0.368 e. The molecule has 1 aromatic rings. The fraction of sp³-hybridized carbons (Fsp3) is 0.647. The molecule has 3 nitrogen and oxygen atoms in total. The molecule has 0 saturated carbocycles. The van der Waals surface area contributed by atoms with Gasteiger partial charge in [0.05, 0.1) is 0 Å². The van der Waals surface area contributed by atoms with E-state index < -0.39 is 0 Å². The Kier molecular flexibility index (Phi) is 4.27. The van der Waals surface area contributed by atoms with Crippen LogP contribution in [0.1, 0.15) is 30.9 Å². The molecule has 3 rings (SSSR count). The Labute approximate surface area is 123 Å². The Morgan fingerprint density at radius 1 is 1.25 bits per heavy atom. The molecule has 0 bridgehead atoms. The maximum atomic E-state index is 3.48. The number of rotatable bonds is 4. The van der Waals surface area contributed by atoms with Gasteiger partial charge in [0.15, 0.2) is 0 Å². The van der Waals surface area contributed by atoms with Crippen LogP contribution in [0.3, 0.4) is 0 Å². The standard InChI is InChI=1S/C17H27N3/c1-3-18-12-15-11-14(2)6-7-17(15)20-10-9-19-8-4-5-16(19)13-20/h6-7,11,16,18H,3-5,8-10,12-13H2,1-2H3. The highest BCUT2D eigenvalue weighted by molar-refractivity contribution is 5.55. The molecule has 1 unspecified atom stereocenters. The lowest BCUT2D eigenvalue weighted by atomic mass is 10.1. The average molecular weight is 273 g/mol. The molecular weight excluding hydrogens is 246 g/mol. The van der Waals surface area contributed by atoms with Crippen molar-refractivity contribution in [2.75, 3.05) is 37.6 Å². The lowest BCUT2D eigenvalue weighted by Crippen LogP contribution is -2.50. The van der Waals surface area contributed by atoms with Gasteiger partial charge in [-0.2, -0.15) is 0 Å². The third-order valence-corrected chi connectivity index (χ3v) is 4.73. The third-order valence-electron chi connectivity index (χ3n) is 4.73. The van der Waals surface area contributed by atoms with Gasteiger partial charge in [-0.25, -0.2) is 0 Å². The van der Waals surface area contributed by atoms with Crippen LogP contribution >= 0.6 is 0 Å². The summed E-state index contributed by atoms with van der Waals surface area (Å²) in [6.07, 6.45) is 2.77. The summed E-state index contributed by atoms with van der Waals surface area (Å²) < 4.78 is 0. The van der Waals surface area contributed by atoms with Crippen molar-refractivity contribution in [2.24, 2.45) is 0 Å². The lowest BCUT2D eigenvalue weighted by molar-refractivity contribution is 0.231. The Bertz CT molecular complexity index is 458. The Hall–Kier alpha value is -1.06. The highest BCUT2D eigenvalue weighted by Crippen LogP contribution is 2.28. The lowest BCUT2D eigenvalue weighted by Gasteiger charge is -2.39. The average Bonchev–Trinajstić information content (AvgIpc) is 2.92. The van der Waals surface area contributed by atoms with Crippen molar-refractivity contribution in [1.82, 2.24) is 10.2 Å². The van der Waals surface area contributed by atoms with Crippen molar-refractivity contribution in [1.29, 1.82) is 0 Å². The number of hydrogen-bond donors (Lipinski definition) is 1. The van der Waals surface area contributed by atoms with Gasteiger partial charge in [0, 0.05) is 37.9 Å². The van der Waals surface area contributed by atoms with E-state index >= 15 is 0 Å². The van der Waals surface area contributed by atoms with E-state index in [2.05, 4.69) is 47.2 Å². The van der Waals surface area contributed by atoms with E-state index in [1.54, 1.807) is 0 Å². The van der Waals surface area contributed by atoms with Crippen LogP contribution in [0, 0.1) is 6.92 Å². The van der Waals surface area contributed by atoms with E-state index in [0.717, 1.165) is 19.1 Å². The van der Waals surface area contributed by atoms with Crippen molar-refractivity contribution < 1.29 is 0 Å². The number of fused-ring (bicyclic) bond motifs is 1. The normalized spacial score (nSPS) is 23.1. The first kappa shape index (κ1) is 13.9.